The second-order valence-corrected chi connectivity index (χ2v) is 9.60. The van der Waals surface area contributed by atoms with E-state index in [1.807, 2.05) is 45.0 Å². The number of benzene rings is 2. The first-order valence-corrected chi connectivity index (χ1v) is 11.8. The lowest BCUT2D eigenvalue weighted by molar-refractivity contribution is -0.134. The van der Waals surface area contributed by atoms with Crippen LogP contribution in [-0.2, 0) is 11.2 Å². The van der Waals surface area contributed by atoms with Crippen LogP contribution in [0.25, 0.3) is 0 Å². The lowest BCUT2D eigenvalue weighted by Gasteiger charge is -2.19. The first kappa shape index (κ1) is 27.6. The van der Waals surface area contributed by atoms with Gasteiger partial charge in [0.1, 0.15) is 28.8 Å². The van der Waals surface area contributed by atoms with Crippen molar-refractivity contribution in [2.24, 2.45) is 5.73 Å². The molecule has 188 valence electrons. The minimum atomic E-state index is -0.833. The molecule has 10 heteroatoms. The van der Waals surface area contributed by atoms with Crippen LogP contribution in [0.4, 0.5) is 16.6 Å². The molecule has 0 bridgehead atoms. The summed E-state index contributed by atoms with van der Waals surface area (Å²) in [5.74, 6) is 0.0376. The van der Waals surface area contributed by atoms with Gasteiger partial charge in [-0.05, 0) is 68.3 Å². The minimum absolute atomic E-state index is 0.174. The second-order valence-electron chi connectivity index (χ2n) is 8.60. The number of carboxylic acid groups (broad SMARTS) is 1. The molecule has 0 saturated heterocycles. The van der Waals surface area contributed by atoms with Gasteiger partial charge >= 0.3 is 0 Å². The largest absolute Gasteiger partial charge is 0.508 e. The monoisotopic (exact) mass is 500 g/mol. The predicted molar refractivity (Wildman–Crippen MR) is 139 cm³/mol. The first-order chi connectivity index (χ1) is 16.4. The molecule has 2 aromatic carbocycles. The third-order valence-corrected chi connectivity index (χ3v) is 5.42. The molecule has 7 N–H and O–H groups in total. The lowest BCUT2D eigenvalue weighted by Crippen LogP contribution is -2.38. The second kappa shape index (κ2) is 12.2. The van der Waals surface area contributed by atoms with Crippen LogP contribution in [0, 0.1) is 0 Å². The highest BCUT2D eigenvalue weighted by Crippen LogP contribution is 2.31. The molecule has 9 nitrogen and oxygen atoms in total. The number of nitrogens with zero attached hydrogens (tertiary/aromatic N) is 1. The highest BCUT2D eigenvalue weighted by atomic mass is 32.1. The first-order valence-electron chi connectivity index (χ1n) is 11.0. The van der Waals surface area contributed by atoms with E-state index in [-0.39, 0.29) is 17.4 Å². The van der Waals surface area contributed by atoms with Gasteiger partial charge in [-0.1, -0.05) is 24.7 Å². The highest BCUT2D eigenvalue weighted by molar-refractivity contribution is 7.18. The van der Waals surface area contributed by atoms with Crippen molar-refractivity contribution in [2.45, 2.75) is 46.1 Å². The number of carbonyl (C=O) groups is 2. The summed E-state index contributed by atoms with van der Waals surface area (Å²) >= 11 is 1.19. The summed E-state index contributed by atoms with van der Waals surface area (Å²) in [6.45, 7) is 7.31. The smallest absolute Gasteiger partial charge is 0.300 e. The van der Waals surface area contributed by atoms with Crippen LogP contribution in [0.15, 0.2) is 42.5 Å². The maximum Gasteiger partial charge on any atom is 0.300 e. The lowest BCUT2D eigenvalue weighted by atomic mass is 10.0. The molecular weight excluding hydrogens is 468 g/mol. The van der Waals surface area contributed by atoms with Crippen LogP contribution < -0.4 is 21.5 Å². The summed E-state index contributed by atoms with van der Waals surface area (Å²) in [7, 11) is 0. The molecule has 0 fully saturated rings. The molecule has 0 aliphatic carbocycles. The van der Waals surface area contributed by atoms with Gasteiger partial charge in [-0.15, -0.1) is 0 Å². The number of aromatic hydroxyl groups is 1. The van der Waals surface area contributed by atoms with Crippen LogP contribution in [0.2, 0.25) is 0 Å². The van der Waals surface area contributed by atoms with Crippen molar-refractivity contribution < 1.29 is 24.5 Å². The van der Waals surface area contributed by atoms with E-state index in [0.717, 1.165) is 24.6 Å². The van der Waals surface area contributed by atoms with Gasteiger partial charge in [0.05, 0.1) is 0 Å². The van der Waals surface area contributed by atoms with E-state index in [2.05, 4.69) is 10.3 Å². The topological polar surface area (TPSA) is 161 Å². The molecular formula is C25H32N4O5S. The summed E-state index contributed by atoms with van der Waals surface area (Å²) in [5.41, 5.74) is 13.6. The van der Waals surface area contributed by atoms with Crippen LogP contribution in [0.5, 0.6) is 11.5 Å². The van der Waals surface area contributed by atoms with E-state index in [1.165, 1.54) is 11.3 Å². The number of nitrogen functional groups attached to an aromatic ring is 1. The maximum atomic E-state index is 13.0. The Bertz CT molecular complexity index is 1150. The quantitative estimate of drug-likeness (QED) is 0.265. The fourth-order valence-corrected chi connectivity index (χ4v) is 3.77. The Labute approximate surface area is 208 Å². The Morgan fingerprint density at radius 2 is 1.80 bits per heavy atom. The van der Waals surface area contributed by atoms with Gasteiger partial charge in [-0.2, -0.15) is 0 Å². The van der Waals surface area contributed by atoms with Crippen molar-refractivity contribution in [3.63, 3.8) is 0 Å². The number of nitrogens with one attached hydrogen (secondary N) is 1. The molecule has 0 atom stereocenters. The number of aromatic nitrogens is 1. The molecule has 0 unspecified atom stereocenters. The Balaban J connectivity index is 0.00000100. The fraction of sp³-hybridized carbons (Fsp3) is 0.320. The van der Waals surface area contributed by atoms with Crippen LogP contribution in [0.3, 0.4) is 0 Å². The Morgan fingerprint density at radius 3 is 2.37 bits per heavy atom. The van der Waals surface area contributed by atoms with Gasteiger partial charge in [-0.25, -0.2) is 4.98 Å². The Kier molecular flexibility index (Phi) is 9.61. The summed E-state index contributed by atoms with van der Waals surface area (Å²) in [5, 5.41) is 21.1. The third-order valence-electron chi connectivity index (χ3n) is 4.44. The van der Waals surface area contributed by atoms with E-state index in [0.29, 0.717) is 34.3 Å². The van der Waals surface area contributed by atoms with Crippen molar-refractivity contribution in [3.05, 3.63) is 58.5 Å². The van der Waals surface area contributed by atoms with E-state index in [9.17, 15) is 9.90 Å². The van der Waals surface area contributed by atoms with Crippen molar-refractivity contribution in [1.82, 2.24) is 4.98 Å². The van der Waals surface area contributed by atoms with Gasteiger partial charge in [-0.3, -0.25) is 9.59 Å². The SMILES string of the molecule is CC(=O)O.CCCc1cc(C(=O)c2sc(Nc3ccc(OCC(C)(C)N)cc3)nc2N)ccc1O. The average molecular weight is 501 g/mol. The number of ketones is 1. The van der Waals surface area contributed by atoms with Crippen molar-refractivity contribution in [3.8, 4) is 11.5 Å². The molecule has 0 saturated carbocycles. The highest BCUT2D eigenvalue weighted by Gasteiger charge is 2.19. The number of carboxylic acids is 1. The molecule has 3 aromatic rings. The van der Waals surface area contributed by atoms with Gasteiger partial charge < -0.3 is 31.7 Å². The van der Waals surface area contributed by atoms with E-state index < -0.39 is 11.5 Å². The Hall–Kier alpha value is -3.63. The van der Waals surface area contributed by atoms with Crippen molar-refractivity contribution >= 4 is 39.7 Å². The molecule has 0 spiro atoms. The number of carbonyl (C=O) groups excluding carboxylic acids is 1. The van der Waals surface area contributed by atoms with Gasteiger partial charge in [0, 0.05) is 23.7 Å². The molecule has 0 amide bonds. The minimum Gasteiger partial charge on any atom is -0.508 e. The molecule has 1 aromatic heterocycles. The molecule has 0 aliphatic rings. The molecule has 0 aliphatic heterocycles. The van der Waals surface area contributed by atoms with E-state index in [1.54, 1.807) is 18.2 Å². The van der Waals surface area contributed by atoms with Crippen LogP contribution >= 0.6 is 11.3 Å². The zero-order valence-electron chi connectivity index (χ0n) is 20.3. The van der Waals surface area contributed by atoms with Crippen molar-refractivity contribution in [1.29, 1.82) is 0 Å². The zero-order chi connectivity index (χ0) is 26.2. The summed E-state index contributed by atoms with van der Waals surface area (Å²) in [6, 6.07) is 12.2. The number of nitrogens with two attached hydrogens (primary N) is 2. The Morgan fingerprint density at radius 1 is 1.17 bits per heavy atom. The van der Waals surface area contributed by atoms with Crippen LogP contribution in [-0.4, -0.2) is 39.1 Å². The fourth-order valence-electron chi connectivity index (χ4n) is 2.90. The third kappa shape index (κ3) is 8.91. The molecule has 0 radical (unpaired) electrons. The number of thiazole rings is 1. The number of aliphatic carboxylic acids is 1. The number of phenolic OH excluding ortho intramolecular Hbond substituents is 1. The maximum absolute atomic E-state index is 13.0. The van der Waals surface area contributed by atoms with Gasteiger partial charge in [0.15, 0.2) is 5.13 Å². The average Bonchev–Trinajstić information content (AvgIpc) is 3.13. The van der Waals surface area contributed by atoms with Gasteiger partial charge in [0.25, 0.3) is 5.97 Å². The van der Waals surface area contributed by atoms with Gasteiger partial charge in [0.2, 0.25) is 5.78 Å². The number of ether oxygens (including phenoxy) is 1. The summed E-state index contributed by atoms with van der Waals surface area (Å²) in [4.78, 5) is 26.6. The molecule has 35 heavy (non-hydrogen) atoms. The normalized spacial score (nSPS) is 10.8. The standard InChI is InChI=1S/C23H28N4O3S.C2H4O2/c1-4-5-14-12-15(6-11-18(14)28)19(29)20-21(24)27-22(31-20)26-16-7-9-17(10-8-16)30-13-23(2,3)25;1-2(3)4/h6-12,28H,4-5,13,24-25H2,1-3H3,(H,26,27);1H3,(H,3,4). The zero-order valence-corrected chi connectivity index (χ0v) is 21.1. The molecule has 1 heterocycles. The molecule has 3 rings (SSSR count). The number of rotatable bonds is 9. The number of hydrogen-bond donors (Lipinski definition) is 5. The summed E-state index contributed by atoms with van der Waals surface area (Å²) < 4.78 is 5.67. The number of aryl methyl sites for hydroxylation is 1. The van der Waals surface area contributed by atoms with Crippen LogP contribution in [0.1, 0.15) is 54.9 Å². The predicted octanol–water partition coefficient (Wildman–Crippen LogP) is 4.57. The number of anilines is 3. The number of hydrogen-bond acceptors (Lipinski definition) is 9. The number of phenols is 1. The summed E-state index contributed by atoms with van der Waals surface area (Å²) in [6.07, 6.45) is 1.57. The van der Waals surface area contributed by atoms with E-state index in [4.69, 9.17) is 26.1 Å². The van der Waals surface area contributed by atoms with E-state index >= 15 is 0 Å². The van der Waals surface area contributed by atoms with Crippen molar-refractivity contribution in [2.75, 3.05) is 17.7 Å².